The van der Waals surface area contributed by atoms with Crippen LogP contribution in [0.15, 0.2) is 84.6 Å². The number of nitrogens with zero attached hydrogens (tertiary/aromatic N) is 3. The van der Waals surface area contributed by atoms with Crippen LogP contribution in [0.3, 0.4) is 0 Å². The molecule has 4 heteroatoms. The Labute approximate surface area is 191 Å². The lowest BCUT2D eigenvalue weighted by Crippen LogP contribution is -2.49. The molecule has 0 radical (unpaired) electrons. The maximum atomic E-state index is 13.7. The first kappa shape index (κ1) is 22.0. The molecule has 1 aromatic heterocycles. The summed E-state index contributed by atoms with van der Waals surface area (Å²) in [6, 6.07) is 24.7. The molecule has 1 aliphatic heterocycles. The molecule has 0 N–H and O–H groups in total. The van der Waals surface area contributed by atoms with E-state index in [0.29, 0.717) is 6.54 Å². The summed E-state index contributed by atoms with van der Waals surface area (Å²) < 4.78 is 0. The van der Waals surface area contributed by atoms with Gasteiger partial charge in [0.05, 0.1) is 11.7 Å². The number of rotatable bonds is 5. The van der Waals surface area contributed by atoms with Crippen LogP contribution in [-0.2, 0) is 11.3 Å². The fourth-order valence-electron chi connectivity index (χ4n) is 4.46. The number of piperidine rings is 1. The minimum Gasteiger partial charge on any atom is -0.378 e. The van der Waals surface area contributed by atoms with Crippen molar-refractivity contribution in [1.29, 1.82) is 0 Å². The van der Waals surface area contributed by atoms with Gasteiger partial charge in [0.2, 0.25) is 0 Å². The number of Topliss-reactive ketones (excluding diaryl/α,β-unsaturated/α-hetero) is 1. The minimum absolute atomic E-state index is 0.131. The normalized spacial score (nSPS) is 19.8. The Morgan fingerprint density at radius 2 is 1.69 bits per heavy atom. The molecule has 1 aliphatic rings. The molecular weight excluding hydrogens is 394 g/mol. The van der Waals surface area contributed by atoms with Crippen molar-refractivity contribution >= 4 is 17.5 Å². The Balaban J connectivity index is 1.83. The van der Waals surface area contributed by atoms with E-state index in [9.17, 15) is 4.79 Å². The number of ketones is 1. The Bertz CT molecular complexity index is 1090. The molecule has 0 amide bonds. The first-order chi connectivity index (χ1) is 15.3. The van der Waals surface area contributed by atoms with Gasteiger partial charge in [-0.2, -0.15) is 0 Å². The summed E-state index contributed by atoms with van der Waals surface area (Å²) >= 11 is 0. The summed E-state index contributed by atoms with van der Waals surface area (Å²) in [5.74, 6) is 0.189. The molecular formula is C28H31N3O. The van der Waals surface area contributed by atoms with Crippen molar-refractivity contribution in [2.24, 2.45) is 5.41 Å². The average molecular weight is 426 g/mol. The number of carbonyl (C=O) groups is 1. The van der Waals surface area contributed by atoms with Gasteiger partial charge >= 0.3 is 0 Å². The molecule has 1 saturated heterocycles. The lowest BCUT2D eigenvalue weighted by molar-refractivity contribution is -0.128. The van der Waals surface area contributed by atoms with Gasteiger partial charge in [0, 0.05) is 50.1 Å². The van der Waals surface area contributed by atoms with Gasteiger partial charge in [0.15, 0.2) is 5.78 Å². The first-order valence-corrected chi connectivity index (χ1v) is 11.1. The predicted octanol–water partition coefficient (Wildman–Crippen LogP) is 5.38. The highest BCUT2D eigenvalue weighted by Gasteiger charge is 2.43. The van der Waals surface area contributed by atoms with Gasteiger partial charge in [-0.15, -0.1) is 0 Å². The van der Waals surface area contributed by atoms with E-state index in [1.165, 1.54) is 5.56 Å². The molecule has 4 nitrogen and oxygen atoms in total. The Morgan fingerprint density at radius 1 is 1.00 bits per heavy atom. The summed E-state index contributed by atoms with van der Waals surface area (Å²) in [7, 11) is 4.07. The van der Waals surface area contributed by atoms with Crippen molar-refractivity contribution in [3.63, 3.8) is 0 Å². The number of pyridine rings is 1. The lowest BCUT2D eigenvalue weighted by atomic mass is 9.74. The fourth-order valence-corrected chi connectivity index (χ4v) is 4.46. The standard InChI is InChI=1S/C28H31N3O/c1-28(2)20-31(19-21-10-6-5-7-11-21)26(22-13-15-24(16-14-22)30(3)4)25(27(28)32)18-23-12-8-9-17-29-23/h5-18,26H,19-20H2,1-4H3. The topological polar surface area (TPSA) is 36.4 Å². The van der Waals surface area contributed by atoms with Gasteiger partial charge in [-0.3, -0.25) is 14.7 Å². The predicted molar refractivity (Wildman–Crippen MR) is 131 cm³/mol. The quantitative estimate of drug-likeness (QED) is 0.514. The summed E-state index contributed by atoms with van der Waals surface area (Å²) in [5, 5.41) is 0. The zero-order chi connectivity index (χ0) is 22.7. The molecule has 0 spiro atoms. The second-order valence-electron chi connectivity index (χ2n) is 9.35. The average Bonchev–Trinajstić information content (AvgIpc) is 2.79. The number of hydrogen-bond donors (Lipinski definition) is 0. The number of carbonyl (C=O) groups excluding carboxylic acids is 1. The Hall–Kier alpha value is -3.24. The van der Waals surface area contributed by atoms with Gasteiger partial charge in [-0.25, -0.2) is 0 Å². The number of benzene rings is 2. The van der Waals surface area contributed by atoms with Crippen molar-refractivity contribution in [1.82, 2.24) is 9.88 Å². The molecule has 1 atom stereocenters. The fraction of sp³-hybridized carbons (Fsp3) is 0.286. The largest absolute Gasteiger partial charge is 0.378 e. The first-order valence-electron chi connectivity index (χ1n) is 11.1. The van der Waals surface area contributed by atoms with E-state index in [1.54, 1.807) is 6.20 Å². The van der Waals surface area contributed by atoms with E-state index in [2.05, 4.69) is 63.3 Å². The van der Waals surface area contributed by atoms with Crippen molar-refractivity contribution in [2.45, 2.75) is 26.4 Å². The van der Waals surface area contributed by atoms with Crippen molar-refractivity contribution in [3.8, 4) is 0 Å². The van der Waals surface area contributed by atoms with Gasteiger partial charge in [0.1, 0.15) is 0 Å². The zero-order valence-electron chi connectivity index (χ0n) is 19.3. The molecule has 1 unspecified atom stereocenters. The van der Waals surface area contributed by atoms with Crippen molar-refractivity contribution < 1.29 is 4.79 Å². The van der Waals surface area contributed by atoms with E-state index in [-0.39, 0.29) is 11.8 Å². The maximum absolute atomic E-state index is 13.7. The summed E-state index contributed by atoms with van der Waals surface area (Å²) in [4.78, 5) is 22.7. The minimum atomic E-state index is -0.477. The second-order valence-corrected chi connectivity index (χ2v) is 9.35. The molecule has 0 bridgehead atoms. The summed E-state index contributed by atoms with van der Waals surface area (Å²) in [6.07, 6.45) is 3.75. The van der Waals surface area contributed by atoms with Crippen LogP contribution < -0.4 is 4.90 Å². The third-order valence-corrected chi connectivity index (χ3v) is 6.08. The number of hydrogen-bond acceptors (Lipinski definition) is 4. The Kier molecular flexibility index (Phi) is 6.24. The SMILES string of the molecule is CN(C)c1ccc(C2C(=Cc3ccccn3)C(=O)C(C)(C)CN2Cc2ccccc2)cc1. The van der Waals surface area contributed by atoms with Crippen LogP contribution in [-0.4, -0.2) is 36.3 Å². The molecule has 2 aromatic carbocycles. The number of aromatic nitrogens is 1. The highest BCUT2D eigenvalue weighted by molar-refractivity contribution is 6.05. The van der Waals surface area contributed by atoms with Gasteiger partial charge in [0.25, 0.3) is 0 Å². The molecule has 0 aliphatic carbocycles. The van der Waals surface area contributed by atoms with Crippen LogP contribution in [0.5, 0.6) is 0 Å². The molecule has 3 aromatic rings. The van der Waals surface area contributed by atoms with Crippen LogP contribution >= 0.6 is 0 Å². The van der Waals surface area contributed by atoms with Gasteiger partial charge in [-0.05, 0) is 41.5 Å². The third-order valence-electron chi connectivity index (χ3n) is 6.08. The second kappa shape index (κ2) is 9.09. The zero-order valence-corrected chi connectivity index (χ0v) is 19.3. The molecule has 164 valence electrons. The van der Waals surface area contributed by atoms with Crippen LogP contribution in [0.2, 0.25) is 0 Å². The molecule has 0 saturated carbocycles. The molecule has 4 rings (SSSR count). The van der Waals surface area contributed by atoms with Gasteiger partial charge in [-0.1, -0.05) is 62.4 Å². The molecule has 2 heterocycles. The van der Waals surface area contributed by atoms with Crippen LogP contribution in [0.4, 0.5) is 5.69 Å². The van der Waals surface area contributed by atoms with E-state index in [1.807, 2.05) is 58.3 Å². The monoisotopic (exact) mass is 425 g/mol. The summed E-state index contributed by atoms with van der Waals surface area (Å²) in [6.45, 7) is 5.56. The number of likely N-dealkylation sites (tertiary alicyclic amines) is 1. The Morgan fingerprint density at radius 3 is 2.31 bits per heavy atom. The highest BCUT2D eigenvalue weighted by Crippen LogP contribution is 2.42. The van der Waals surface area contributed by atoms with Crippen molar-refractivity contribution in [3.05, 3.63) is 101 Å². The van der Waals surface area contributed by atoms with Crippen molar-refractivity contribution in [2.75, 3.05) is 25.5 Å². The van der Waals surface area contributed by atoms with Crippen LogP contribution in [0.1, 0.15) is 36.7 Å². The number of anilines is 1. The van der Waals surface area contributed by atoms with E-state index in [4.69, 9.17) is 0 Å². The third kappa shape index (κ3) is 4.66. The van der Waals surface area contributed by atoms with E-state index < -0.39 is 5.41 Å². The smallest absolute Gasteiger partial charge is 0.167 e. The van der Waals surface area contributed by atoms with E-state index >= 15 is 0 Å². The van der Waals surface area contributed by atoms with Crippen LogP contribution in [0, 0.1) is 5.41 Å². The van der Waals surface area contributed by atoms with Crippen LogP contribution in [0.25, 0.3) is 6.08 Å². The maximum Gasteiger partial charge on any atom is 0.167 e. The molecule has 1 fully saturated rings. The highest BCUT2D eigenvalue weighted by atomic mass is 16.1. The van der Waals surface area contributed by atoms with E-state index in [0.717, 1.165) is 29.1 Å². The van der Waals surface area contributed by atoms with Gasteiger partial charge < -0.3 is 4.90 Å². The lowest BCUT2D eigenvalue weighted by Gasteiger charge is -2.44. The molecule has 32 heavy (non-hydrogen) atoms. The summed E-state index contributed by atoms with van der Waals surface area (Å²) in [5.41, 5.74) is 4.63.